The quantitative estimate of drug-likeness (QED) is 0.112. The molecule has 2 saturated heterocycles. The second-order valence-electron chi connectivity index (χ2n) is 14.4. The van der Waals surface area contributed by atoms with Crippen molar-refractivity contribution in [3.05, 3.63) is 109 Å². The van der Waals surface area contributed by atoms with Gasteiger partial charge in [0.25, 0.3) is 0 Å². The number of hydrogen-bond donors (Lipinski definition) is 2. The molecule has 0 spiro atoms. The van der Waals surface area contributed by atoms with Gasteiger partial charge in [0, 0.05) is 37.3 Å². The Kier molecular flexibility index (Phi) is 14.8. The Bertz CT molecular complexity index is 1560. The van der Waals surface area contributed by atoms with E-state index in [1.165, 1.54) is 44.9 Å². The van der Waals surface area contributed by atoms with Gasteiger partial charge in [0.1, 0.15) is 12.2 Å². The molecular formula is C45H56N4O4. The summed E-state index contributed by atoms with van der Waals surface area (Å²) in [6.45, 7) is 6.20. The first-order valence-electron chi connectivity index (χ1n) is 19.8. The van der Waals surface area contributed by atoms with Crippen molar-refractivity contribution in [1.29, 1.82) is 0 Å². The molecule has 2 aliphatic rings. The van der Waals surface area contributed by atoms with Crippen molar-refractivity contribution in [2.75, 3.05) is 49.9 Å². The van der Waals surface area contributed by atoms with E-state index in [0.717, 1.165) is 98.6 Å². The van der Waals surface area contributed by atoms with Gasteiger partial charge < -0.3 is 19.3 Å². The maximum Gasteiger partial charge on any atom is 0.411 e. The SMILES string of the molecule is O=C(Nc1ccccc1-c1ccccc1)OC1CCN(CCCCCCCCCN2CCC(OC(=O)Nc3ccccc3-c3ccccc3)CC2)CC1. The van der Waals surface area contributed by atoms with E-state index in [2.05, 4.69) is 20.4 Å². The molecule has 0 bridgehead atoms. The molecule has 2 fully saturated rings. The van der Waals surface area contributed by atoms with Gasteiger partial charge >= 0.3 is 12.2 Å². The number of carbonyl (C=O) groups excluding carboxylic acids is 2. The molecule has 2 N–H and O–H groups in total. The van der Waals surface area contributed by atoms with Crippen molar-refractivity contribution in [2.24, 2.45) is 0 Å². The Morgan fingerprint density at radius 2 is 0.811 bits per heavy atom. The number of nitrogens with zero attached hydrogens (tertiary/aromatic N) is 2. The summed E-state index contributed by atoms with van der Waals surface area (Å²) in [5, 5.41) is 5.95. The number of anilines is 2. The van der Waals surface area contributed by atoms with Crippen LogP contribution in [-0.2, 0) is 9.47 Å². The van der Waals surface area contributed by atoms with E-state index >= 15 is 0 Å². The number of nitrogens with one attached hydrogen (secondary N) is 2. The van der Waals surface area contributed by atoms with Gasteiger partial charge in [0.2, 0.25) is 0 Å². The van der Waals surface area contributed by atoms with Gasteiger partial charge in [-0.25, -0.2) is 9.59 Å². The largest absolute Gasteiger partial charge is 0.446 e. The maximum atomic E-state index is 12.7. The lowest BCUT2D eigenvalue weighted by atomic mass is 10.0. The molecule has 6 rings (SSSR count). The number of benzene rings is 4. The van der Waals surface area contributed by atoms with Crippen molar-refractivity contribution < 1.29 is 19.1 Å². The number of amides is 2. The first kappa shape index (κ1) is 38.1. The van der Waals surface area contributed by atoms with Crippen LogP contribution in [0.1, 0.15) is 70.6 Å². The predicted molar refractivity (Wildman–Crippen MR) is 215 cm³/mol. The summed E-state index contributed by atoms with van der Waals surface area (Å²) in [7, 11) is 0. The molecular weight excluding hydrogens is 661 g/mol. The Balaban J connectivity index is 0.756. The summed E-state index contributed by atoms with van der Waals surface area (Å²) in [6, 6.07) is 35.9. The highest BCUT2D eigenvalue weighted by atomic mass is 16.6. The Labute approximate surface area is 315 Å². The molecule has 0 atom stereocenters. The molecule has 53 heavy (non-hydrogen) atoms. The van der Waals surface area contributed by atoms with Crippen LogP contribution in [0.3, 0.4) is 0 Å². The molecule has 4 aromatic rings. The number of para-hydroxylation sites is 2. The van der Waals surface area contributed by atoms with Gasteiger partial charge in [-0.3, -0.25) is 10.6 Å². The third-order valence-electron chi connectivity index (χ3n) is 10.6. The summed E-state index contributed by atoms with van der Waals surface area (Å²) in [4.78, 5) is 30.5. The van der Waals surface area contributed by atoms with Crippen LogP contribution in [0.15, 0.2) is 109 Å². The van der Waals surface area contributed by atoms with Gasteiger partial charge in [0.15, 0.2) is 0 Å². The van der Waals surface area contributed by atoms with Crippen LogP contribution in [0.4, 0.5) is 21.0 Å². The minimum Gasteiger partial charge on any atom is -0.446 e. The number of ether oxygens (including phenoxy) is 2. The molecule has 8 heteroatoms. The molecule has 0 radical (unpaired) electrons. The molecule has 2 amide bonds. The van der Waals surface area contributed by atoms with Gasteiger partial charge in [-0.05, 0) is 74.9 Å². The van der Waals surface area contributed by atoms with Crippen molar-refractivity contribution in [2.45, 2.75) is 82.8 Å². The summed E-state index contributed by atoms with van der Waals surface area (Å²) >= 11 is 0. The normalized spacial score (nSPS) is 15.8. The smallest absolute Gasteiger partial charge is 0.411 e. The van der Waals surface area contributed by atoms with Crippen LogP contribution >= 0.6 is 0 Å². The first-order chi connectivity index (χ1) is 26.1. The fourth-order valence-electron chi connectivity index (χ4n) is 7.56. The van der Waals surface area contributed by atoms with Crippen LogP contribution < -0.4 is 10.6 Å². The minimum absolute atomic E-state index is 0.0320. The van der Waals surface area contributed by atoms with E-state index in [-0.39, 0.29) is 24.4 Å². The standard InChI is InChI=1S/C45H56N4O4/c50-44(46-42-24-14-12-22-40(42)36-18-8-6-9-19-36)52-38-26-32-48(33-27-38)30-16-4-2-1-3-5-17-31-49-34-28-39(29-35-49)53-45(51)47-43-25-15-13-23-41(43)37-20-10-7-11-21-37/h6-15,18-25,38-39H,1-5,16-17,26-35H2,(H,46,50)(H,47,51). The average molecular weight is 717 g/mol. The van der Waals surface area contributed by atoms with Gasteiger partial charge in [-0.15, -0.1) is 0 Å². The maximum absolute atomic E-state index is 12.7. The fourth-order valence-corrected chi connectivity index (χ4v) is 7.56. The molecule has 2 aliphatic heterocycles. The zero-order valence-electron chi connectivity index (χ0n) is 31.1. The second-order valence-corrected chi connectivity index (χ2v) is 14.4. The number of hydrogen-bond acceptors (Lipinski definition) is 6. The lowest BCUT2D eigenvalue weighted by molar-refractivity contribution is 0.0581. The highest BCUT2D eigenvalue weighted by molar-refractivity contribution is 5.92. The molecule has 280 valence electrons. The van der Waals surface area contributed by atoms with Crippen LogP contribution in [0, 0.1) is 0 Å². The van der Waals surface area contributed by atoms with Crippen molar-refractivity contribution >= 4 is 23.6 Å². The molecule has 8 nitrogen and oxygen atoms in total. The van der Waals surface area contributed by atoms with Crippen molar-refractivity contribution in [3.63, 3.8) is 0 Å². The molecule has 0 aromatic heterocycles. The van der Waals surface area contributed by atoms with E-state index in [9.17, 15) is 9.59 Å². The fraction of sp³-hybridized carbons (Fsp3) is 0.422. The van der Waals surface area contributed by atoms with E-state index in [0.29, 0.717) is 0 Å². The van der Waals surface area contributed by atoms with E-state index in [1.807, 2.05) is 109 Å². The number of rotatable bonds is 16. The Morgan fingerprint density at radius 3 is 1.21 bits per heavy atom. The van der Waals surface area contributed by atoms with Crippen molar-refractivity contribution in [3.8, 4) is 22.3 Å². The lowest BCUT2D eigenvalue weighted by Crippen LogP contribution is -2.38. The number of piperidine rings is 2. The molecule has 0 unspecified atom stereocenters. The summed E-state index contributed by atoms with van der Waals surface area (Å²) < 4.78 is 11.6. The highest BCUT2D eigenvalue weighted by Gasteiger charge is 2.24. The topological polar surface area (TPSA) is 83.1 Å². The number of unbranched alkanes of at least 4 members (excludes halogenated alkanes) is 6. The number of carbonyl (C=O) groups is 2. The van der Waals surface area contributed by atoms with E-state index in [1.54, 1.807) is 0 Å². The molecule has 2 heterocycles. The van der Waals surface area contributed by atoms with Crippen LogP contribution in [0.25, 0.3) is 22.3 Å². The third kappa shape index (κ3) is 12.2. The molecule has 0 aliphatic carbocycles. The Morgan fingerprint density at radius 1 is 0.472 bits per heavy atom. The minimum atomic E-state index is -0.371. The predicted octanol–water partition coefficient (Wildman–Crippen LogP) is 10.5. The molecule has 4 aromatic carbocycles. The zero-order chi connectivity index (χ0) is 36.5. The molecule has 0 saturated carbocycles. The highest BCUT2D eigenvalue weighted by Crippen LogP contribution is 2.29. The average Bonchev–Trinajstić information content (AvgIpc) is 3.19. The van der Waals surface area contributed by atoms with Gasteiger partial charge in [-0.2, -0.15) is 0 Å². The number of likely N-dealkylation sites (tertiary alicyclic amines) is 2. The summed E-state index contributed by atoms with van der Waals surface area (Å²) in [6.07, 6.45) is 11.7. The van der Waals surface area contributed by atoms with Crippen molar-refractivity contribution in [1.82, 2.24) is 9.80 Å². The lowest BCUT2D eigenvalue weighted by Gasteiger charge is -2.31. The van der Waals surface area contributed by atoms with Gasteiger partial charge in [0.05, 0.1) is 11.4 Å². The monoisotopic (exact) mass is 716 g/mol. The van der Waals surface area contributed by atoms with Crippen LogP contribution in [0.2, 0.25) is 0 Å². The summed E-state index contributed by atoms with van der Waals surface area (Å²) in [5.74, 6) is 0. The zero-order valence-corrected chi connectivity index (χ0v) is 31.1. The van der Waals surface area contributed by atoms with Gasteiger partial charge in [-0.1, -0.05) is 129 Å². The summed E-state index contributed by atoms with van der Waals surface area (Å²) in [5.41, 5.74) is 5.66. The first-order valence-corrected chi connectivity index (χ1v) is 19.8. The van der Waals surface area contributed by atoms with E-state index in [4.69, 9.17) is 9.47 Å². The second kappa shape index (κ2) is 20.5. The Hall–Kier alpha value is -4.66. The third-order valence-corrected chi connectivity index (χ3v) is 10.6. The van der Waals surface area contributed by atoms with Crippen LogP contribution in [0.5, 0.6) is 0 Å². The van der Waals surface area contributed by atoms with Crippen LogP contribution in [-0.4, -0.2) is 73.5 Å². The van der Waals surface area contributed by atoms with E-state index < -0.39 is 0 Å².